The summed E-state index contributed by atoms with van der Waals surface area (Å²) in [7, 11) is 0. The van der Waals surface area contributed by atoms with E-state index in [1.807, 2.05) is 82.3 Å². The van der Waals surface area contributed by atoms with Gasteiger partial charge in [-0.05, 0) is 38.8 Å². The number of rotatable bonds is 9. The summed E-state index contributed by atoms with van der Waals surface area (Å²) in [5, 5.41) is 14.6. The van der Waals surface area contributed by atoms with Crippen LogP contribution in [-0.2, 0) is 29.0 Å². The Balaban J connectivity index is 2.03. The molecule has 36 heavy (non-hydrogen) atoms. The maximum Gasteiger partial charge on any atom is 0.273 e. The maximum absolute atomic E-state index is 13.8. The second kappa shape index (κ2) is 11.6. The quantitative estimate of drug-likeness (QED) is 0.340. The summed E-state index contributed by atoms with van der Waals surface area (Å²) in [6.07, 6.45) is 0.133. The van der Waals surface area contributed by atoms with Crippen LogP contribution >= 0.6 is 0 Å². The Hall–Kier alpha value is -4.00. The molecule has 3 aromatic rings. The Labute approximate surface area is 212 Å². The van der Waals surface area contributed by atoms with Crippen LogP contribution in [0, 0.1) is 17.0 Å². The minimum atomic E-state index is -0.803. The highest BCUT2D eigenvalue weighted by Gasteiger charge is 2.33. The first-order chi connectivity index (χ1) is 17.0. The third-order valence-electron chi connectivity index (χ3n) is 5.73. The largest absolute Gasteiger partial charge is 0.350 e. The first kappa shape index (κ1) is 26.6. The lowest BCUT2D eigenvalue weighted by Crippen LogP contribution is -2.54. The van der Waals surface area contributed by atoms with E-state index in [2.05, 4.69) is 5.32 Å². The number of hydrogen-bond acceptors (Lipinski definition) is 4. The SMILES string of the molecule is Cc1cccc(CN(C(=O)Cc2ccccc2[N+](=O)[O-])[C@H](Cc2ccccc2)C(=O)NC(C)(C)C)c1. The minimum absolute atomic E-state index is 0.111. The third kappa shape index (κ3) is 7.50. The van der Waals surface area contributed by atoms with Gasteiger partial charge in [0, 0.05) is 30.1 Å². The fourth-order valence-corrected chi connectivity index (χ4v) is 4.12. The van der Waals surface area contributed by atoms with Gasteiger partial charge in [-0.25, -0.2) is 0 Å². The van der Waals surface area contributed by atoms with E-state index in [1.165, 1.54) is 6.07 Å². The highest BCUT2D eigenvalue weighted by atomic mass is 16.6. The third-order valence-corrected chi connectivity index (χ3v) is 5.73. The van der Waals surface area contributed by atoms with Crippen LogP contribution in [0.5, 0.6) is 0 Å². The van der Waals surface area contributed by atoms with Crippen LogP contribution in [0.15, 0.2) is 78.9 Å². The van der Waals surface area contributed by atoms with Gasteiger partial charge in [-0.15, -0.1) is 0 Å². The zero-order valence-electron chi connectivity index (χ0n) is 21.2. The average Bonchev–Trinajstić information content (AvgIpc) is 2.81. The van der Waals surface area contributed by atoms with Crippen molar-refractivity contribution in [3.05, 3.63) is 111 Å². The van der Waals surface area contributed by atoms with Crippen molar-refractivity contribution in [1.29, 1.82) is 0 Å². The molecule has 3 aromatic carbocycles. The molecule has 0 fully saturated rings. The number of nitrogens with zero attached hydrogens (tertiary/aromatic N) is 2. The van der Waals surface area contributed by atoms with Gasteiger partial charge < -0.3 is 10.2 Å². The molecule has 0 saturated carbocycles. The molecule has 7 nitrogen and oxygen atoms in total. The van der Waals surface area contributed by atoms with Crippen molar-refractivity contribution < 1.29 is 14.5 Å². The van der Waals surface area contributed by atoms with E-state index in [0.717, 1.165) is 16.7 Å². The number of aryl methyl sites for hydroxylation is 1. The zero-order valence-corrected chi connectivity index (χ0v) is 21.2. The predicted molar refractivity (Wildman–Crippen MR) is 140 cm³/mol. The predicted octanol–water partition coefficient (Wildman–Crippen LogP) is 5.00. The lowest BCUT2D eigenvalue weighted by molar-refractivity contribution is -0.385. The van der Waals surface area contributed by atoms with Crippen LogP contribution in [0.2, 0.25) is 0 Å². The molecule has 0 aliphatic rings. The standard InChI is InChI=1S/C29H33N3O4/c1-21-11-10-14-23(17-21)20-31(27(33)19-24-15-8-9-16-25(24)32(35)36)26(28(34)30-29(2,3)4)18-22-12-6-5-7-13-22/h5-17,26H,18-20H2,1-4H3,(H,30,34)/t26-/m1/s1. The van der Waals surface area contributed by atoms with Gasteiger partial charge in [0.1, 0.15) is 6.04 Å². The van der Waals surface area contributed by atoms with Crippen LogP contribution in [0.3, 0.4) is 0 Å². The number of carbonyl (C=O) groups is 2. The van der Waals surface area contributed by atoms with Crippen molar-refractivity contribution in [3.8, 4) is 0 Å². The molecule has 2 amide bonds. The van der Waals surface area contributed by atoms with Gasteiger partial charge in [-0.3, -0.25) is 19.7 Å². The van der Waals surface area contributed by atoms with E-state index in [-0.39, 0.29) is 30.5 Å². The van der Waals surface area contributed by atoms with E-state index in [0.29, 0.717) is 12.0 Å². The molecule has 0 heterocycles. The van der Waals surface area contributed by atoms with Crippen molar-refractivity contribution >= 4 is 17.5 Å². The number of hydrogen-bond donors (Lipinski definition) is 1. The summed E-state index contributed by atoms with van der Waals surface area (Å²) in [5.41, 5.74) is 2.54. The Morgan fingerprint density at radius 1 is 0.944 bits per heavy atom. The summed E-state index contributed by atoms with van der Waals surface area (Å²) >= 11 is 0. The fraction of sp³-hybridized carbons (Fsp3) is 0.310. The van der Waals surface area contributed by atoms with Gasteiger partial charge in [0.15, 0.2) is 0 Å². The summed E-state index contributed by atoms with van der Waals surface area (Å²) < 4.78 is 0. The molecule has 0 aliphatic carbocycles. The van der Waals surface area contributed by atoms with Crippen LogP contribution in [0.4, 0.5) is 5.69 Å². The van der Waals surface area contributed by atoms with Gasteiger partial charge in [0.05, 0.1) is 11.3 Å². The molecule has 188 valence electrons. The summed E-state index contributed by atoms with van der Waals surface area (Å²) in [6.45, 7) is 7.85. The number of benzene rings is 3. The molecule has 0 bridgehead atoms. The number of nitro benzene ring substituents is 1. The van der Waals surface area contributed by atoms with Crippen LogP contribution in [0.25, 0.3) is 0 Å². The van der Waals surface area contributed by atoms with E-state index in [1.54, 1.807) is 23.1 Å². The number of carbonyl (C=O) groups excluding carboxylic acids is 2. The number of para-hydroxylation sites is 1. The molecule has 0 radical (unpaired) electrons. The Bertz CT molecular complexity index is 1220. The summed E-state index contributed by atoms with van der Waals surface area (Å²) in [4.78, 5) is 40.0. The maximum atomic E-state index is 13.8. The first-order valence-corrected chi connectivity index (χ1v) is 12.0. The van der Waals surface area contributed by atoms with Gasteiger partial charge in [-0.1, -0.05) is 78.4 Å². The van der Waals surface area contributed by atoms with Crippen molar-refractivity contribution in [3.63, 3.8) is 0 Å². The van der Waals surface area contributed by atoms with Gasteiger partial charge in [0.2, 0.25) is 11.8 Å². The lowest BCUT2D eigenvalue weighted by Gasteiger charge is -2.34. The second-order valence-electron chi connectivity index (χ2n) is 10.0. The van der Waals surface area contributed by atoms with Crippen LogP contribution < -0.4 is 5.32 Å². The molecule has 0 aromatic heterocycles. The monoisotopic (exact) mass is 487 g/mol. The summed E-state index contributed by atoms with van der Waals surface area (Å²) in [6, 6.07) is 22.7. The van der Waals surface area contributed by atoms with Gasteiger partial charge in [-0.2, -0.15) is 0 Å². The molecule has 1 atom stereocenters. The Kier molecular flexibility index (Phi) is 8.59. The number of nitro groups is 1. The lowest BCUT2D eigenvalue weighted by atomic mass is 9.99. The van der Waals surface area contributed by atoms with Crippen molar-refractivity contribution in [1.82, 2.24) is 10.2 Å². The minimum Gasteiger partial charge on any atom is -0.350 e. The molecular formula is C29H33N3O4. The molecular weight excluding hydrogens is 454 g/mol. The molecule has 0 unspecified atom stereocenters. The highest BCUT2D eigenvalue weighted by Crippen LogP contribution is 2.22. The van der Waals surface area contributed by atoms with Crippen LogP contribution in [0.1, 0.15) is 43.0 Å². The fourth-order valence-electron chi connectivity index (χ4n) is 4.12. The van der Waals surface area contributed by atoms with E-state index in [4.69, 9.17) is 0 Å². The van der Waals surface area contributed by atoms with Crippen molar-refractivity contribution in [2.75, 3.05) is 0 Å². The molecule has 0 spiro atoms. The molecule has 3 rings (SSSR count). The summed E-state index contributed by atoms with van der Waals surface area (Å²) in [5.74, 6) is -0.620. The van der Waals surface area contributed by atoms with Gasteiger partial charge >= 0.3 is 0 Å². The van der Waals surface area contributed by atoms with Crippen molar-refractivity contribution in [2.24, 2.45) is 0 Å². The number of nitrogens with one attached hydrogen (secondary N) is 1. The molecule has 7 heteroatoms. The zero-order chi connectivity index (χ0) is 26.3. The topological polar surface area (TPSA) is 92.6 Å². The van der Waals surface area contributed by atoms with E-state index in [9.17, 15) is 19.7 Å². The Morgan fingerprint density at radius 2 is 1.58 bits per heavy atom. The normalized spacial score (nSPS) is 12.0. The van der Waals surface area contributed by atoms with E-state index >= 15 is 0 Å². The number of amides is 2. The second-order valence-corrected chi connectivity index (χ2v) is 10.0. The molecule has 0 saturated heterocycles. The molecule has 1 N–H and O–H groups in total. The van der Waals surface area contributed by atoms with Crippen molar-refractivity contribution in [2.45, 2.75) is 58.7 Å². The first-order valence-electron chi connectivity index (χ1n) is 12.0. The van der Waals surface area contributed by atoms with E-state index < -0.39 is 16.5 Å². The highest BCUT2D eigenvalue weighted by molar-refractivity contribution is 5.89. The smallest absolute Gasteiger partial charge is 0.273 e. The Morgan fingerprint density at radius 3 is 2.22 bits per heavy atom. The van der Waals surface area contributed by atoms with Crippen LogP contribution in [-0.4, -0.2) is 33.2 Å². The molecule has 0 aliphatic heterocycles. The average molecular weight is 488 g/mol. The van der Waals surface area contributed by atoms with Gasteiger partial charge in [0.25, 0.3) is 5.69 Å².